The Balaban J connectivity index is 2.70. The molecule has 7 nitrogen and oxygen atoms in total. The van der Waals surface area contributed by atoms with Crippen molar-refractivity contribution in [3.8, 4) is 0 Å². The van der Waals surface area contributed by atoms with Gasteiger partial charge in [0.2, 0.25) is 11.0 Å². The summed E-state index contributed by atoms with van der Waals surface area (Å²) in [6, 6.07) is 0. The number of rotatable bonds is 0. The summed E-state index contributed by atoms with van der Waals surface area (Å²) in [7, 11) is 0. The van der Waals surface area contributed by atoms with Crippen molar-refractivity contribution < 1.29 is 13.9 Å². The Morgan fingerprint density at radius 1 is 1.15 bits per heavy atom. The van der Waals surface area contributed by atoms with Crippen LogP contribution in [0.15, 0.2) is 21.6 Å². The van der Waals surface area contributed by atoms with Gasteiger partial charge in [-0.3, -0.25) is 0 Å². The van der Waals surface area contributed by atoms with Crippen LogP contribution in [-0.2, 0) is 0 Å². The lowest BCUT2D eigenvalue weighted by atomic mass is 10.4. The molecule has 0 radical (unpaired) electrons. The van der Waals surface area contributed by atoms with Crippen molar-refractivity contribution in [3.63, 3.8) is 0 Å². The van der Waals surface area contributed by atoms with E-state index >= 15 is 0 Å². The molecule has 0 N–H and O–H groups in total. The maximum atomic E-state index is 11.2. The van der Waals surface area contributed by atoms with Gasteiger partial charge in [0.1, 0.15) is 0 Å². The molecule has 3 rings (SSSR count). The maximum absolute atomic E-state index is 11.2. The molecule has 13 heavy (non-hydrogen) atoms. The van der Waals surface area contributed by atoms with Crippen LogP contribution < -0.4 is 4.85 Å². The van der Waals surface area contributed by atoms with Crippen LogP contribution in [0.1, 0.15) is 0 Å². The Labute approximate surface area is 70.1 Å². The number of hydrogen-bond donors (Lipinski definition) is 0. The van der Waals surface area contributed by atoms with Gasteiger partial charge in [0.05, 0.1) is 0 Å². The highest BCUT2D eigenvalue weighted by Gasteiger charge is 2.17. The minimum Gasteiger partial charge on any atom is -0.594 e. The molecule has 3 aromatic heterocycles. The van der Waals surface area contributed by atoms with Gasteiger partial charge in [-0.05, 0) is 4.85 Å². The van der Waals surface area contributed by atoms with Crippen LogP contribution in [0, 0.1) is 5.21 Å². The number of aromatic nitrogens is 4. The normalized spacial score (nSPS) is 11.4. The first-order valence-corrected chi connectivity index (χ1v) is 3.44. The minimum atomic E-state index is 0.237. The molecule has 0 atom stereocenters. The first-order valence-electron chi connectivity index (χ1n) is 3.44. The molecule has 0 aliphatic carbocycles. The Bertz CT molecular complexity index is 584. The van der Waals surface area contributed by atoms with Crippen molar-refractivity contribution in [2.24, 2.45) is 0 Å². The van der Waals surface area contributed by atoms with E-state index in [1.54, 1.807) is 0 Å². The molecule has 0 saturated carbocycles. The molecule has 0 aliphatic heterocycles. The van der Waals surface area contributed by atoms with E-state index in [0.29, 0.717) is 21.4 Å². The highest BCUT2D eigenvalue weighted by Crippen LogP contribution is 2.16. The predicted molar refractivity (Wildman–Crippen MR) is 38.3 cm³/mol. The summed E-state index contributed by atoms with van der Waals surface area (Å²) in [6.07, 6.45) is 2.49. The molecule has 0 fully saturated rings. The second-order valence-electron chi connectivity index (χ2n) is 2.47. The van der Waals surface area contributed by atoms with E-state index in [4.69, 9.17) is 0 Å². The third-order valence-electron chi connectivity index (χ3n) is 1.73. The van der Waals surface area contributed by atoms with Crippen LogP contribution in [0.2, 0.25) is 0 Å². The van der Waals surface area contributed by atoms with Gasteiger partial charge in [-0.1, -0.05) is 10.3 Å². The van der Waals surface area contributed by atoms with Gasteiger partial charge >= 0.3 is 5.52 Å². The Kier molecular flexibility index (Phi) is 0.950. The van der Waals surface area contributed by atoms with E-state index < -0.39 is 0 Å². The summed E-state index contributed by atoms with van der Waals surface area (Å²) in [5.74, 6) is 0. The monoisotopic (exact) mass is 178 g/mol. The fourth-order valence-electron chi connectivity index (χ4n) is 1.15. The molecule has 0 aromatic carbocycles. The zero-order valence-corrected chi connectivity index (χ0v) is 6.17. The van der Waals surface area contributed by atoms with E-state index in [0.717, 1.165) is 0 Å². The number of fused-ring (bicyclic) bond motifs is 3. The van der Waals surface area contributed by atoms with Crippen molar-refractivity contribution in [2.45, 2.75) is 0 Å². The molecule has 7 heteroatoms. The highest BCUT2D eigenvalue weighted by atomic mass is 16.5. The molecule has 0 aliphatic rings. The molecule has 0 saturated heterocycles. The van der Waals surface area contributed by atoms with Crippen molar-refractivity contribution in [1.82, 2.24) is 15.4 Å². The standard InChI is InChI=1S/C6H2N4O3/c11-10-4-2-13-9-6(4)5-3(7-10)1-12-8-5/h1-2H. The van der Waals surface area contributed by atoms with Gasteiger partial charge < -0.3 is 14.3 Å². The Hall–Kier alpha value is -2.18. The van der Waals surface area contributed by atoms with Gasteiger partial charge in [0, 0.05) is 5.10 Å². The topological polar surface area (TPSA) is 91.9 Å². The molecule has 0 unspecified atom stereocenters. The summed E-state index contributed by atoms with van der Waals surface area (Å²) in [4.78, 5) is 0.422. The zero-order chi connectivity index (χ0) is 8.84. The first kappa shape index (κ1) is 6.35. The van der Waals surface area contributed by atoms with E-state index in [9.17, 15) is 5.21 Å². The van der Waals surface area contributed by atoms with Crippen LogP contribution >= 0.6 is 0 Å². The third-order valence-corrected chi connectivity index (χ3v) is 1.73. The second kappa shape index (κ2) is 1.94. The highest BCUT2D eigenvalue weighted by molar-refractivity contribution is 5.95. The van der Waals surface area contributed by atoms with Crippen molar-refractivity contribution in [2.75, 3.05) is 0 Å². The van der Waals surface area contributed by atoms with Crippen LogP contribution in [0.3, 0.4) is 0 Å². The van der Waals surface area contributed by atoms with Crippen molar-refractivity contribution in [3.05, 3.63) is 17.7 Å². The maximum Gasteiger partial charge on any atom is 0.313 e. The average Bonchev–Trinajstić information content (AvgIpc) is 2.66. The fraction of sp³-hybridized carbons (Fsp3) is 0. The van der Waals surface area contributed by atoms with E-state index in [1.165, 1.54) is 12.5 Å². The predicted octanol–water partition coefficient (Wildman–Crippen LogP) is -0.00260. The quantitative estimate of drug-likeness (QED) is 0.355. The average molecular weight is 178 g/mol. The van der Waals surface area contributed by atoms with E-state index in [2.05, 4.69) is 24.5 Å². The summed E-state index contributed by atoms with van der Waals surface area (Å²) >= 11 is 0. The molecule has 3 heterocycles. The lowest BCUT2D eigenvalue weighted by Gasteiger charge is -1.90. The summed E-state index contributed by atoms with van der Waals surface area (Å²) in [5, 5.41) is 22.1. The Morgan fingerprint density at radius 2 is 1.92 bits per heavy atom. The third kappa shape index (κ3) is 0.675. The van der Waals surface area contributed by atoms with Gasteiger partial charge in [-0.25, -0.2) is 0 Å². The lowest BCUT2D eigenvalue weighted by molar-refractivity contribution is -0.640. The smallest absolute Gasteiger partial charge is 0.313 e. The van der Waals surface area contributed by atoms with Crippen molar-refractivity contribution in [1.29, 1.82) is 0 Å². The summed E-state index contributed by atoms with van der Waals surface area (Å²) in [5.41, 5.74) is 1.38. The van der Waals surface area contributed by atoms with Gasteiger partial charge in [0.15, 0.2) is 18.0 Å². The molecule has 0 bridgehead atoms. The van der Waals surface area contributed by atoms with Gasteiger partial charge in [-0.15, -0.1) is 0 Å². The second-order valence-corrected chi connectivity index (χ2v) is 2.47. The molecule has 0 amide bonds. The molecular formula is C6H2N4O3. The van der Waals surface area contributed by atoms with Gasteiger partial charge in [-0.2, -0.15) is 0 Å². The zero-order valence-electron chi connectivity index (χ0n) is 6.17. The van der Waals surface area contributed by atoms with Crippen LogP contribution in [0.25, 0.3) is 22.1 Å². The minimum absolute atomic E-state index is 0.237. The number of nitrogens with zero attached hydrogens (tertiary/aromatic N) is 4. The van der Waals surface area contributed by atoms with E-state index in [-0.39, 0.29) is 5.52 Å². The summed E-state index contributed by atoms with van der Waals surface area (Å²) < 4.78 is 9.28. The molecule has 64 valence electrons. The fourth-order valence-corrected chi connectivity index (χ4v) is 1.15. The molecule has 0 spiro atoms. The van der Waals surface area contributed by atoms with Crippen molar-refractivity contribution >= 4 is 22.1 Å². The van der Waals surface area contributed by atoms with Crippen LogP contribution in [-0.4, -0.2) is 15.4 Å². The SMILES string of the molecule is [O-][n+]1nc2conc2c2nocc21. The van der Waals surface area contributed by atoms with Crippen LogP contribution in [0.4, 0.5) is 0 Å². The first-order chi connectivity index (χ1) is 6.36. The Morgan fingerprint density at radius 3 is 2.85 bits per heavy atom. The van der Waals surface area contributed by atoms with Gasteiger partial charge in [0.25, 0.3) is 0 Å². The molecular weight excluding hydrogens is 176 g/mol. The molecule has 3 aromatic rings. The lowest BCUT2D eigenvalue weighted by Crippen LogP contribution is -2.31. The summed E-state index contributed by atoms with van der Waals surface area (Å²) in [6.45, 7) is 0. The largest absolute Gasteiger partial charge is 0.594 e. The van der Waals surface area contributed by atoms with E-state index in [1.807, 2.05) is 0 Å². The number of hydrogen-bond acceptors (Lipinski definition) is 6. The van der Waals surface area contributed by atoms with Crippen LogP contribution in [0.5, 0.6) is 0 Å².